The number of aromatic hydroxyl groups is 1. The molecule has 0 aliphatic carbocycles. The summed E-state index contributed by atoms with van der Waals surface area (Å²) in [4.78, 5) is 6.64. The predicted molar refractivity (Wildman–Crippen MR) is 86.8 cm³/mol. The molecule has 0 radical (unpaired) electrons. The Morgan fingerprint density at radius 1 is 1.24 bits per heavy atom. The normalized spacial score (nSPS) is 13.4. The van der Waals surface area contributed by atoms with Crippen LogP contribution >= 0.6 is 0 Å². The van der Waals surface area contributed by atoms with Gasteiger partial charge in [-0.05, 0) is 46.1 Å². The van der Waals surface area contributed by atoms with Gasteiger partial charge >= 0.3 is 0 Å². The topological polar surface area (TPSA) is 41.3 Å². The molecule has 2 aromatic heterocycles. The number of nitrogens with zero attached hydrogens (tertiary/aromatic N) is 3. The molecule has 4 nitrogen and oxygen atoms in total. The first-order valence-electron chi connectivity index (χ1n) is 7.22. The number of hydrogen-bond acceptors (Lipinski definition) is 3. The molecule has 0 aliphatic rings. The molecule has 110 valence electrons. The lowest BCUT2D eigenvalue weighted by molar-refractivity contribution is 0.288. The fraction of sp³-hybridized carbons (Fsp3) is 0.353. The predicted octanol–water partition coefficient (Wildman–Crippen LogP) is 3.15. The van der Waals surface area contributed by atoms with E-state index in [1.54, 1.807) is 6.07 Å². The molecular formula is C17H21N3O. The molecule has 3 rings (SSSR count). The van der Waals surface area contributed by atoms with Crippen LogP contribution in [-0.4, -0.2) is 39.7 Å². The number of rotatable bonds is 3. The molecule has 0 bridgehead atoms. The van der Waals surface area contributed by atoms with Crippen molar-refractivity contribution in [2.24, 2.45) is 0 Å². The summed E-state index contributed by atoms with van der Waals surface area (Å²) in [5.41, 5.74) is 3.25. The lowest BCUT2D eigenvalue weighted by Gasteiger charge is -2.21. The molecule has 0 aliphatic heterocycles. The maximum absolute atomic E-state index is 9.85. The second-order valence-electron chi connectivity index (χ2n) is 5.92. The Hall–Kier alpha value is -2.07. The molecule has 1 aromatic carbocycles. The van der Waals surface area contributed by atoms with Crippen molar-refractivity contribution in [3.05, 3.63) is 36.2 Å². The summed E-state index contributed by atoms with van der Waals surface area (Å²) >= 11 is 0. The Kier molecular flexibility index (Phi) is 3.33. The van der Waals surface area contributed by atoms with Gasteiger partial charge in [0.25, 0.3) is 0 Å². The van der Waals surface area contributed by atoms with E-state index < -0.39 is 0 Å². The molecule has 0 spiro atoms. The number of fused-ring (bicyclic) bond motifs is 3. The van der Waals surface area contributed by atoms with Crippen molar-refractivity contribution in [2.75, 3.05) is 14.1 Å². The van der Waals surface area contributed by atoms with Crippen molar-refractivity contribution in [1.29, 1.82) is 0 Å². The number of phenols is 1. The number of benzene rings is 1. The van der Waals surface area contributed by atoms with E-state index in [0.29, 0.717) is 11.8 Å². The first kappa shape index (κ1) is 13.9. The molecule has 0 saturated heterocycles. The smallest absolute Gasteiger partial charge is 0.117 e. The summed E-state index contributed by atoms with van der Waals surface area (Å²) in [6.45, 7) is 5.10. The van der Waals surface area contributed by atoms with Crippen molar-refractivity contribution in [3.8, 4) is 5.75 Å². The number of pyridine rings is 1. The van der Waals surface area contributed by atoms with Crippen LogP contribution in [-0.2, 0) is 6.54 Å². The van der Waals surface area contributed by atoms with E-state index >= 15 is 0 Å². The van der Waals surface area contributed by atoms with E-state index in [9.17, 15) is 5.11 Å². The van der Waals surface area contributed by atoms with Gasteiger partial charge in [-0.2, -0.15) is 0 Å². The summed E-state index contributed by atoms with van der Waals surface area (Å²) in [6.07, 6.45) is 1.85. The average molecular weight is 283 g/mol. The summed E-state index contributed by atoms with van der Waals surface area (Å²) < 4.78 is 2.28. The van der Waals surface area contributed by atoms with Gasteiger partial charge in [0.1, 0.15) is 5.75 Å². The molecule has 1 N–H and O–H groups in total. The highest BCUT2D eigenvalue weighted by Gasteiger charge is 2.16. The summed E-state index contributed by atoms with van der Waals surface area (Å²) in [5.74, 6) is 0.301. The summed E-state index contributed by atoms with van der Waals surface area (Å²) in [7, 11) is 4.17. The van der Waals surface area contributed by atoms with Gasteiger partial charge in [-0.1, -0.05) is 0 Å². The van der Waals surface area contributed by atoms with Gasteiger partial charge in [-0.15, -0.1) is 0 Å². The highest BCUT2D eigenvalue weighted by molar-refractivity contribution is 6.09. The third-order valence-electron chi connectivity index (χ3n) is 4.27. The molecule has 0 amide bonds. The van der Waals surface area contributed by atoms with Gasteiger partial charge in [0.15, 0.2) is 0 Å². The Labute approximate surface area is 124 Å². The molecule has 1 unspecified atom stereocenters. The maximum atomic E-state index is 9.85. The number of hydrogen-bond donors (Lipinski definition) is 1. The van der Waals surface area contributed by atoms with Crippen molar-refractivity contribution in [1.82, 2.24) is 14.5 Å². The van der Waals surface area contributed by atoms with Crippen LogP contribution in [0.2, 0.25) is 0 Å². The van der Waals surface area contributed by atoms with Crippen LogP contribution < -0.4 is 0 Å². The van der Waals surface area contributed by atoms with Crippen LogP contribution in [0.4, 0.5) is 0 Å². The Balaban J connectivity index is 2.34. The number of aromatic nitrogens is 2. The lowest BCUT2D eigenvalue weighted by atomic mass is 10.1. The van der Waals surface area contributed by atoms with Crippen LogP contribution in [0, 0.1) is 6.92 Å². The SMILES string of the molecule is Cc1nccc2c3ccc(O)cc3n(CC(C)N(C)C)c12. The van der Waals surface area contributed by atoms with Crippen LogP contribution in [0.15, 0.2) is 30.5 Å². The first-order chi connectivity index (χ1) is 9.99. The van der Waals surface area contributed by atoms with E-state index in [2.05, 4.69) is 41.5 Å². The molecule has 2 heterocycles. The highest BCUT2D eigenvalue weighted by atomic mass is 16.3. The highest BCUT2D eigenvalue weighted by Crippen LogP contribution is 2.32. The van der Waals surface area contributed by atoms with Crippen molar-refractivity contribution in [2.45, 2.75) is 26.4 Å². The Bertz CT molecular complexity index is 805. The van der Waals surface area contributed by atoms with Crippen LogP contribution in [0.5, 0.6) is 5.75 Å². The number of aryl methyl sites for hydroxylation is 1. The van der Waals surface area contributed by atoms with Crippen LogP contribution in [0.1, 0.15) is 12.6 Å². The van der Waals surface area contributed by atoms with Crippen LogP contribution in [0.25, 0.3) is 21.8 Å². The minimum atomic E-state index is 0.301. The quantitative estimate of drug-likeness (QED) is 0.803. The van der Waals surface area contributed by atoms with Gasteiger partial charge in [-0.25, -0.2) is 0 Å². The van der Waals surface area contributed by atoms with E-state index in [1.807, 2.05) is 25.3 Å². The summed E-state index contributed by atoms with van der Waals surface area (Å²) in [5, 5.41) is 12.2. The fourth-order valence-corrected chi connectivity index (χ4v) is 2.83. The minimum Gasteiger partial charge on any atom is -0.508 e. The maximum Gasteiger partial charge on any atom is 0.117 e. The second kappa shape index (κ2) is 5.04. The monoisotopic (exact) mass is 283 g/mol. The van der Waals surface area contributed by atoms with Crippen LogP contribution in [0.3, 0.4) is 0 Å². The van der Waals surface area contributed by atoms with Gasteiger partial charge in [-0.3, -0.25) is 4.98 Å². The molecule has 3 aromatic rings. The van der Waals surface area contributed by atoms with E-state index in [-0.39, 0.29) is 0 Å². The molecule has 1 atom stereocenters. The van der Waals surface area contributed by atoms with Crippen molar-refractivity contribution < 1.29 is 5.11 Å². The Morgan fingerprint density at radius 3 is 2.71 bits per heavy atom. The zero-order chi connectivity index (χ0) is 15.1. The van der Waals surface area contributed by atoms with Crippen molar-refractivity contribution in [3.63, 3.8) is 0 Å². The summed E-state index contributed by atoms with van der Waals surface area (Å²) in [6, 6.07) is 8.03. The zero-order valence-corrected chi connectivity index (χ0v) is 13.0. The minimum absolute atomic E-state index is 0.301. The van der Waals surface area contributed by atoms with Gasteiger partial charge in [0.05, 0.1) is 16.7 Å². The first-order valence-corrected chi connectivity index (χ1v) is 7.22. The number of likely N-dealkylation sites (N-methyl/N-ethyl adjacent to an activating group) is 1. The third-order valence-corrected chi connectivity index (χ3v) is 4.27. The zero-order valence-electron chi connectivity index (χ0n) is 13.0. The Morgan fingerprint density at radius 2 is 2.00 bits per heavy atom. The average Bonchev–Trinajstić information content (AvgIpc) is 2.74. The molecular weight excluding hydrogens is 262 g/mol. The molecule has 4 heteroatoms. The van der Waals surface area contributed by atoms with E-state index in [0.717, 1.165) is 23.3 Å². The van der Waals surface area contributed by atoms with E-state index in [4.69, 9.17) is 0 Å². The molecule has 21 heavy (non-hydrogen) atoms. The standard InChI is InChI=1S/C17H21N3O/c1-11(19(3)4)10-20-16-9-13(21)5-6-14(16)15-7-8-18-12(2)17(15)20/h5-9,11,21H,10H2,1-4H3. The third kappa shape index (κ3) is 2.25. The van der Waals surface area contributed by atoms with Gasteiger partial charge < -0.3 is 14.6 Å². The fourth-order valence-electron chi connectivity index (χ4n) is 2.83. The van der Waals surface area contributed by atoms with Crippen molar-refractivity contribution >= 4 is 21.8 Å². The molecule has 0 fully saturated rings. The van der Waals surface area contributed by atoms with Gasteiger partial charge in [0.2, 0.25) is 0 Å². The van der Waals surface area contributed by atoms with Gasteiger partial charge in [0, 0.05) is 35.6 Å². The number of phenolic OH excluding ortho intramolecular Hbond substituents is 1. The second-order valence-corrected chi connectivity index (χ2v) is 5.92. The molecule has 0 saturated carbocycles. The van der Waals surface area contributed by atoms with E-state index in [1.165, 1.54) is 10.8 Å². The lowest BCUT2D eigenvalue weighted by Crippen LogP contribution is -2.29. The largest absolute Gasteiger partial charge is 0.508 e.